The van der Waals surface area contributed by atoms with Gasteiger partial charge < -0.3 is 10.6 Å². The van der Waals surface area contributed by atoms with Crippen LogP contribution in [0.3, 0.4) is 0 Å². The van der Waals surface area contributed by atoms with Crippen LogP contribution in [-0.2, 0) is 6.42 Å². The molecule has 3 rings (SSSR count). The molecule has 0 bridgehead atoms. The molecule has 25 heavy (non-hydrogen) atoms. The summed E-state index contributed by atoms with van der Waals surface area (Å²) in [5.41, 5.74) is 2.12. The van der Waals surface area contributed by atoms with Crippen LogP contribution in [0.1, 0.15) is 23.0 Å². The number of aromatic nitrogens is 4. The second-order valence-corrected chi connectivity index (χ2v) is 5.56. The van der Waals surface area contributed by atoms with Gasteiger partial charge in [0.25, 0.3) is 5.91 Å². The second kappa shape index (κ2) is 7.96. The SMILES string of the molecule is CC(Cc1cnccn1)NC(=O)c1cnc(Nc2ccccc2)nc1. The van der Waals surface area contributed by atoms with Crippen molar-refractivity contribution in [1.82, 2.24) is 25.3 Å². The van der Waals surface area contributed by atoms with Crippen molar-refractivity contribution in [2.75, 3.05) is 5.32 Å². The minimum Gasteiger partial charge on any atom is -0.349 e. The van der Waals surface area contributed by atoms with E-state index in [1.165, 1.54) is 12.4 Å². The fourth-order valence-electron chi connectivity index (χ4n) is 2.27. The van der Waals surface area contributed by atoms with Crippen LogP contribution < -0.4 is 10.6 Å². The van der Waals surface area contributed by atoms with E-state index in [1.54, 1.807) is 18.6 Å². The van der Waals surface area contributed by atoms with Crippen LogP contribution in [0.4, 0.5) is 11.6 Å². The van der Waals surface area contributed by atoms with Crippen molar-refractivity contribution in [1.29, 1.82) is 0 Å². The average molecular weight is 334 g/mol. The molecule has 1 amide bonds. The summed E-state index contributed by atoms with van der Waals surface area (Å²) < 4.78 is 0. The van der Waals surface area contributed by atoms with Gasteiger partial charge in [-0.1, -0.05) is 18.2 Å². The summed E-state index contributed by atoms with van der Waals surface area (Å²) in [7, 11) is 0. The van der Waals surface area contributed by atoms with E-state index in [0.29, 0.717) is 17.9 Å². The van der Waals surface area contributed by atoms with E-state index in [9.17, 15) is 4.79 Å². The van der Waals surface area contributed by atoms with E-state index in [4.69, 9.17) is 0 Å². The molecule has 2 aromatic heterocycles. The zero-order valence-electron chi connectivity index (χ0n) is 13.8. The summed E-state index contributed by atoms with van der Waals surface area (Å²) in [6.07, 6.45) is 8.56. The van der Waals surface area contributed by atoms with Gasteiger partial charge in [-0.05, 0) is 19.1 Å². The zero-order valence-corrected chi connectivity index (χ0v) is 13.8. The number of carbonyl (C=O) groups excluding carboxylic acids is 1. The first-order chi connectivity index (χ1) is 12.2. The monoisotopic (exact) mass is 334 g/mol. The molecule has 1 aromatic carbocycles. The molecular weight excluding hydrogens is 316 g/mol. The lowest BCUT2D eigenvalue weighted by Gasteiger charge is -2.13. The van der Waals surface area contributed by atoms with Crippen molar-refractivity contribution in [2.45, 2.75) is 19.4 Å². The standard InChI is InChI=1S/C18H18N6O/c1-13(9-16-12-19-7-8-20-16)23-17(25)14-10-21-18(22-11-14)24-15-5-3-2-4-6-15/h2-8,10-13H,9H2,1H3,(H,23,25)(H,21,22,24). The molecule has 3 aromatic rings. The van der Waals surface area contributed by atoms with Gasteiger partial charge >= 0.3 is 0 Å². The Labute approximate surface area is 145 Å². The first-order valence-electron chi connectivity index (χ1n) is 7.90. The smallest absolute Gasteiger partial charge is 0.254 e. The third-order valence-electron chi connectivity index (χ3n) is 3.45. The molecule has 0 aliphatic rings. The van der Waals surface area contributed by atoms with Gasteiger partial charge in [-0.3, -0.25) is 14.8 Å². The molecule has 0 saturated carbocycles. The third-order valence-corrected chi connectivity index (χ3v) is 3.45. The Bertz CT molecular complexity index is 808. The largest absolute Gasteiger partial charge is 0.349 e. The maximum atomic E-state index is 12.3. The molecule has 2 heterocycles. The quantitative estimate of drug-likeness (QED) is 0.719. The van der Waals surface area contributed by atoms with Crippen molar-refractivity contribution in [2.24, 2.45) is 0 Å². The summed E-state index contributed by atoms with van der Waals surface area (Å²) in [6.45, 7) is 1.92. The highest BCUT2D eigenvalue weighted by Gasteiger charge is 2.12. The minimum absolute atomic E-state index is 0.0775. The van der Waals surface area contributed by atoms with Crippen LogP contribution >= 0.6 is 0 Å². The molecule has 0 saturated heterocycles. The van der Waals surface area contributed by atoms with Crippen LogP contribution in [0.25, 0.3) is 0 Å². The summed E-state index contributed by atoms with van der Waals surface area (Å²) >= 11 is 0. The van der Waals surface area contributed by atoms with E-state index in [0.717, 1.165) is 11.4 Å². The molecule has 0 aliphatic carbocycles. The van der Waals surface area contributed by atoms with Crippen molar-refractivity contribution in [3.05, 3.63) is 72.6 Å². The van der Waals surface area contributed by atoms with Gasteiger partial charge in [-0.25, -0.2) is 9.97 Å². The number of hydrogen-bond donors (Lipinski definition) is 2. The van der Waals surface area contributed by atoms with E-state index in [-0.39, 0.29) is 11.9 Å². The maximum absolute atomic E-state index is 12.3. The number of amides is 1. The Morgan fingerprint density at radius 3 is 2.48 bits per heavy atom. The molecule has 1 atom stereocenters. The molecule has 2 N–H and O–H groups in total. The van der Waals surface area contributed by atoms with Gasteiger partial charge in [0.05, 0.1) is 11.3 Å². The fraction of sp³-hybridized carbons (Fsp3) is 0.167. The third kappa shape index (κ3) is 4.81. The Morgan fingerprint density at radius 2 is 1.80 bits per heavy atom. The van der Waals surface area contributed by atoms with Gasteiger partial charge in [0.1, 0.15) is 0 Å². The van der Waals surface area contributed by atoms with E-state index in [2.05, 4.69) is 30.6 Å². The summed E-state index contributed by atoms with van der Waals surface area (Å²) in [5.74, 6) is 0.220. The summed E-state index contributed by atoms with van der Waals surface area (Å²) in [4.78, 5) is 28.8. The van der Waals surface area contributed by atoms with E-state index in [1.807, 2.05) is 37.3 Å². The van der Waals surface area contributed by atoms with Crippen LogP contribution in [0, 0.1) is 0 Å². The number of hydrogen-bond acceptors (Lipinski definition) is 6. The van der Waals surface area contributed by atoms with Crippen LogP contribution in [-0.4, -0.2) is 31.9 Å². The molecule has 0 fully saturated rings. The molecule has 126 valence electrons. The highest BCUT2D eigenvalue weighted by Crippen LogP contribution is 2.11. The van der Waals surface area contributed by atoms with E-state index >= 15 is 0 Å². The highest BCUT2D eigenvalue weighted by molar-refractivity contribution is 5.93. The van der Waals surface area contributed by atoms with Crippen molar-refractivity contribution >= 4 is 17.5 Å². The van der Waals surface area contributed by atoms with Crippen LogP contribution in [0.2, 0.25) is 0 Å². The number of para-hydroxylation sites is 1. The van der Waals surface area contributed by atoms with E-state index < -0.39 is 0 Å². The van der Waals surface area contributed by atoms with Crippen molar-refractivity contribution in [3.8, 4) is 0 Å². The second-order valence-electron chi connectivity index (χ2n) is 5.56. The Morgan fingerprint density at radius 1 is 1.04 bits per heavy atom. The van der Waals surface area contributed by atoms with Crippen LogP contribution in [0.5, 0.6) is 0 Å². The van der Waals surface area contributed by atoms with Gasteiger partial charge in [0, 0.05) is 49.1 Å². The molecular formula is C18H18N6O. The van der Waals surface area contributed by atoms with Gasteiger partial charge in [0.15, 0.2) is 0 Å². The minimum atomic E-state index is -0.220. The number of benzene rings is 1. The molecule has 1 unspecified atom stereocenters. The summed E-state index contributed by atoms with van der Waals surface area (Å²) in [6, 6.07) is 9.52. The lowest BCUT2D eigenvalue weighted by molar-refractivity contribution is 0.0939. The topological polar surface area (TPSA) is 92.7 Å². The Hall–Kier alpha value is -3.35. The normalized spacial score (nSPS) is 11.6. The van der Waals surface area contributed by atoms with Crippen molar-refractivity contribution in [3.63, 3.8) is 0 Å². The number of rotatable bonds is 6. The predicted octanol–water partition coefficient (Wildman–Crippen LogP) is 2.37. The summed E-state index contributed by atoms with van der Waals surface area (Å²) in [5, 5.41) is 5.98. The predicted molar refractivity (Wildman–Crippen MR) is 94.4 cm³/mol. The molecule has 7 nitrogen and oxygen atoms in total. The number of anilines is 2. The average Bonchev–Trinajstić information content (AvgIpc) is 2.64. The molecule has 0 aliphatic heterocycles. The van der Waals surface area contributed by atoms with Gasteiger partial charge in [-0.15, -0.1) is 0 Å². The fourth-order valence-corrected chi connectivity index (χ4v) is 2.27. The first-order valence-corrected chi connectivity index (χ1v) is 7.90. The number of nitrogens with zero attached hydrogens (tertiary/aromatic N) is 4. The Kier molecular flexibility index (Phi) is 5.26. The molecule has 0 radical (unpaired) electrons. The first kappa shape index (κ1) is 16.5. The maximum Gasteiger partial charge on any atom is 0.254 e. The number of carbonyl (C=O) groups is 1. The highest BCUT2D eigenvalue weighted by atomic mass is 16.1. The Balaban J connectivity index is 1.57. The van der Waals surface area contributed by atoms with Crippen molar-refractivity contribution < 1.29 is 4.79 Å². The lowest BCUT2D eigenvalue weighted by atomic mass is 10.2. The molecule has 7 heteroatoms. The lowest BCUT2D eigenvalue weighted by Crippen LogP contribution is -2.34. The van der Waals surface area contributed by atoms with Crippen LogP contribution in [0.15, 0.2) is 61.3 Å². The van der Waals surface area contributed by atoms with Gasteiger partial charge in [0.2, 0.25) is 5.95 Å². The number of nitrogens with one attached hydrogen (secondary N) is 2. The van der Waals surface area contributed by atoms with Gasteiger partial charge in [-0.2, -0.15) is 0 Å². The molecule has 0 spiro atoms. The zero-order chi connectivity index (χ0) is 17.5.